The second-order valence-corrected chi connectivity index (χ2v) is 6.56. The maximum atomic E-state index is 5.50. The Morgan fingerprint density at radius 1 is 1.24 bits per heavy atom. The molecule has 7 heteroatoms. The van der Waals surface area contributed by atoms with E-state index in [4.69, 9.17) is 4.52 Å². The van der Waals surface area contributed by atoms with Gasteiger partial charge in [-0.15, -0.1) is 0 Å². The van der Waals surface area contributed by atoms with Crippen molar-refractivity contribution in [2.45, 2.75) is 38.3 Å². The average molecular weight is 338 g/mol. The minimum absolute atomic E-state index is 0.178. The summed E-state index contributed by atoms with van der Waals surface area (Å²) in [6.07, 6.45) is 12.0. The Morgan fingerprint density at radius 3 is 3.00 bits per heavy atom. The van der Waals surface area contributed by atoms with Gasteiger partial charge in [-0.3, -0.25) is 14.6 Å². The summed E-state index contributed by atoms with van der Waals surface area (Å²) in [7, 11) is 1.88. The van der Waals surface area contributed by atoms with Gasteiger partial charge in [0, 0.05) is 32.2 Å². The largest absolute Gasteiger partial charge is 0.334 e. The Bertz CT molecular complexity index is 812. The summed E-state index contributed by atoms with van der Waals surface area (Å²) < 4.78 is 7.24. The van der Waals surface area contributed by atoms with E-state index < -0.39 is 0 Å². The van der Waals surface area contributed by atoms with Crippen molar-refractivity contribution >= 4 is 0 Å². The minimum Gasteiger partial charge on any atom is -0.334 e. The molecule has 0 N–H and O–H groups in total. The first-order valence-corrected chi connectivity index (χ1v) is 8.75. The number of aryl methyl sites for hydroxylation is 1. The monoisotopic (exact) mass is 338 g/mol. The van der Waals surface area contributed by atoms with Gasteiger partial charge in [0.05, 0.1) is 17.8 Å². The van der Waals surface area contributed by atoms with Gasteiger partial charge in [-0.1, -0.05) is 24.1 Å². The molecule has 0 radical (unpaired) electrons. The zero-order valence-corrected chi connectivity index (χ0v) is 14.4. The molecule has 1 unspecified atom stereocenters. The Morgan fingerprint density at radius 2 is 2.20 bits per heavy atom. The molecule has 7 nitrogen and oxygen atoms in total. The lowest BCUT2D eigenvalue weighted by Crippen LogP contribution is -2.29. The molecule has 1 saturated heterocycles. The Labute approximate surface area is 146 Å². The van der Waals surface area contributed by atoms with Crippen LogP contribution in [-0.2, 0) is 13.6 Å². The SMILES string of the molecule is Cn1cc(-c2nc(C3CCCCCN3Cc3cccnc3)no2)cn1. The van der Waals surface area contributed by atoms with Crippen molar-refractivity contribution in [3.63, 3.8) is 0 Å². The lowest BCUT2D eigenvalue weighted by molar-refractivity contribution is 0.181. The molecular formula is C18H22N6O. The third kappa shape index (κ3) is 3.61. The van der Waals surface area contributed by atoms with Gasteiger partial charge in [0.25, 0.3) is 5.89 Å². The van der Waals surface area contributed by atoms with E-state index in [0.717, 1.165) is 30.9 Å². The van der Waals surface area contributed by atoms with E-state index in [0.29, 0.717) is 5.89 Å². The van der Waals surface area contributed by atoms with Crippen LogP contribution >= 0.6 is 0 Å². The second-order valence-electron chi connectivity index (χ2n) is 6.56. The Hall–Kier alpha value is -2.54. The molecule has 3 aromatic heterocycles. The lowest BCUT2D eigenvalue weighted by atomic mass is 10.1. The topological polar surface area (TPSA) is 72.9 Å². The van der Waals surface area contributed by atoms with Crippen LogP contribution in [0.3, 0.4) is 0 Å². The molecule has 1 aliphatic rings. The van der Waals surface area contributed by atoms with E-state index in [1.165, 1.54) is 24.8 Å². The standard InChI is InChI=1S/C18H22N6O/c1-23-13-15(11-20-23)18-21-17(22-25-18)16-7-3-2-4-9-24(16)12-14-6-5-8-19-10-14/h5-6,8,10-11,13,16H,2-4,7,9,12H2,1H3. The van der Waals surface area contributed by atoms with Crippen LogP contribution in [0.15, 0.2) is 41.4 Å². The number of hydrogen-bond acceptors (Lipinski definition) is 6. The van der Waals surface area contributed by atoms with Gasteiger partial charge in [0.15, 0.2) is 5.82 Å². The Balaban J connectivity index is 1.58. The molecule has 0 spiro atoms. The van der Waals surface area contributed by atoms with E-state index in [1.54, 1.807) is 10.9 Å². The molecular weight excluding hydrogens is 316 g/mol. The first kappa shape index (κ1) is 16.0. The highest BCUT2D eigenvalue weighted by atomic mass is 16.5. The summed E-state index contributed by atoms with van der Waals surface area (Å²) in [6.45, 7) is 1.89. The first-order chi connectivity index (χ1) is 12.3. The van der Waals surface area contributed by atoms with Crippen LogP contribution in [0.1, 0.15) is 43.1 Å². The molecule has 130 valence electrons. The molecule has 1 fully saturated rings. The average Bonchev–Trinajstić information content (AvgIpc) is 3.22. The third-order valence-corrected chi connectivity index (χ3v) is 4.66. The summed E-state index contributed by atoms with van der Waals surface area (Å²) >= 11 is 0. The highest BCUT2D eigenvalue weighted by molar-refractivity contribution is 5.49. The van der Waals surface area contributed by atoms with Crippen LogP contribution < -0.4 is 0 Å². The molecule has 4 rings (SSSR count). The maximum Gasteiger partial charge on any atom is 0.261 e. The van der Waals surface area contributed by atoms with E-state index in [-0.39, 0.29) is 6.04 Å². The van der Waals surface area contributed by atoms with E-state index in [9.17, 15) is 0 Å². The molecule has 0 bridgehead atoms. The van der Waals surface area contributed by atoms with Crippen molar-refractivity contribution in [1.82, 2.24) is 29.8 Å². The third-order valence-electron chi connectivity index (χ3n) is 4.66. The molecule has 25 heavy (non-hydrogen) atoms. The van der Waals surface area contributed by atoms with Gasteiger partial charge in [-0.25, -0.2) is 0 Å². The minimum atomic E-state index is 0.178. The van der Waals surface area contributed by atoms with Crippen LogP contribution in [0.4, 0.5) is 0 Å². The molecule has 1 atom stereocenters. The molecule has 4 heterocycles. The predicted octanol–water partition coefficient (Wildman–Crippen LogP) is 2.98. The maximum absolute atomic E-state index is 5.50. The fourth-order valence-corrected chi connectivity index (χ4v) is 3.39. The van der Waals surface area contributed by atoms with Gasteiger partial charge in [0.2, 0.25) is 0 Å². The molecule has 0 aromatic carbocycles. The van der Waals surface area contributed by atoms with Crippen LogP contribution in [0.2, 0.25) is 0 Å². The summed E-state index contributed by atoms with van der Waals surface area (Å²) in [4.78, 5) is 11.3. The van der Waals surface area contributed by atoms with Crippen molar-refractivity contribution < 1.29 is 4.52 Å². The smallest absolute Gasteiger partial charge is 0.261 e. The zero-order chi connectivity index (χ0) is 17.1. The van der Waals surface area contributed by atoms with E-state index in [2.05, 4.69) is 31.2 Å². The van der Waals surface area contributed by atoms with Crippen molar-refractivity contribution in [2.24, 2.45) is 7.05 Å². The fraction of sp³-hybridized carbons (Fsp3) is 0.444. The first-order valence-electron chi connectivity index (χ1n) is 8.75. The van der Waals surface area contributed by atoms with Gasteiger partial charge in [-0.2, -0.15) is 10.1 Å². The van der Waals surface area contributed by atoms with Gasteiger partial charge in [-0.05, 0) is 31.0 Å². The van der Waals surface area contributed by atoms with Crippen molar-refractivity contribution in [1.29, 1.82) is 0 Å². The molecule has 0 amide bonds. The van der Waals surface area contributed by atoms with Crippen LogP contribution in [-0.4, -0.2) is 36.3 Å². The fourth-order valence-electron chi connectivity index (χ4n) is 3.39. The number of nitrogens with zero attached hydrogens (tertiary/aromatic N) is 6. The summed E-state index contributed by atoms with van der Waals surface area (Å²) in [5, 5.41) is 8.45. The number of pyridine rings is 1. The van der Waals surface area contributed by atoms with Crippen LogP contribution in [0, 0.1) is 0 Å². The summed E-state index contributed by atoms with van der Waals surface area (Å²) in [5.74, 6) is 1.30. The van der Waals surface area contributed by atoms with Crippen molar-refractivity contribution in [2.75, 3.05) is 6.54 Å². The predicted molar refractivity (Wildman–Crippen MR) is 92.4 cm³/mol. The number of hydrogen-bond donors (Lipinski definition) is 0. The van der Waals surface area contributed by atoms with Crippen molar-refractivity contribution in [3.8, 4) is 11.5 Å². The van der Waals surface area contributed by atoms with Crippen LogP contribution in [0.5, 0.6) is 0 Å². The van der Waals surface area contributed by atoms with Crippen molar-refractivity contribution in [3.05, 3.63) is 48.3 Å². The van der Waals surface area contributed by atoms with Gasteiger partial charge >= 0.3 is 0 Å². The number of aromatic nitrogens is 5. The quantitative estimate of drug-likeness (QED) is 0.728. The highest BCUT2D eigenvalue weighted by Crippen LogP contribution is 2.31. The van der Waals surface area contributed by atoms with Gasteiger partial charge in [0.1, 0.15) is 0 Å². The van der Waals surface area contributed by atoms with Gasteiger partial charge < -0.3 is 4.52 Å². The van der Waals surface area contributed by atoms with Crippen LogP contribution in [0.25, 0.3) is 11.5 Å². The molecule has 1 aliphatic heterocycles. The zero-order valence-electron chi connectivity index (χ0n) is 14.4. The molecule has 0 aliphatic carbocycles. The second kappa shape index (κ2) is 7.14. The number of likely N-dealkylation sites (tertiary alicyclic amines) is 1. The number of rotatable bonds is 4. The molecule has 3 aromatic rings. The normalized spacial score (nSPS) is 19.0. The summed E-state index contributed by atoms with van der Waals surface area (Å²) in [5.41, 5.74) is 2.07. The highest BCUT2D eigenvalue weighted by Gasteiger charge is 2.27. The van der Waals surface area contributed by atoms with E-state index in [1.807, 2.05) is 31.7 Å². The Kier molecular flexibility index (Phi) is 4.56. The molecule has 0 saturated carbocycles. The summed E-state index contributed by atoms with van der Waals surface area (Å²) in [6, 6.07) is 4.28. The lowest BCUT2D eigenvalue weighted by Gasteiger charge is -2.27. The van der Waals surface area contributed by atoms with E-state index >= 15 is 0 Å².